The fraction of sp³-hybridized carbons (Fsp3) is 0.600. The highest BCUT2D eigenvalue weighted by atomic mass is 15.1. The smallest absolute Gasteiger partial charge is 0.00504 e. The van der Waals surface area contributed by atoms with Gasteiger partial charge in [0.2, 0.25) is 0 Å². The molecule has 1 aromatic carbocycles. The average molecular weight is 219 g/mol. The van der Waals surface area contributed by atoms with Gasteiger partial charge in [-0.3, -0.25) is 0 Å². The lowest BCUT2D eigenvalue weighted by molar-refractivity contribution is 0.401. The number of benzene rings is 1. The van der Waals surface area contributed by atoms with Gasteiger partial charge in [0, 0.05) is 19.0 Å². The Bertz CT molecular complexity index is 302. The molecule has 1 aromatic rings. The Labute approximate surface area is 100 Å². The van der Waals surface area contributed by atoms with E-state index in [1.807, 2.05) is 13.8 Å². The van der Waals surface area contributed by atoms with Gasteiger partial charge in [-0.1, -0.05) is 50.6 Å². The molecule has 0 aliphatic carbocycles. The summed E-state index contributed by atoms with van der Waals surface area (Å²) >= 11 is 0. The van der Waals surface area contributed by atoms with Crippen molar-refractivity contribution >= 4 is 0 Å². The molecule has 0 amide bonds. The van der Waals surface area contributed by atoms with Crippen LogP contribution < -0.4 is 0 Å². The molecule has 0 bridgehead atoms. The van der Waals surface area contributed by atoms with Gasteiger partial charge in [-0.05, 0) is 25.5 Å². The van der Waals surface area contributed by atoms with E-state index in [0.717, 1.165) is 11.8 Å². The molecule has 2 unspecified atom stereocenters. The third-order valence-corrected chi connectivity index (χ3v) is 3.30. The van der Waals surface area contributed by atoms with E-state index in [4.69, 9.17) is 0 Å². The number of nitrogens with zero attached hydrogens (tertiary/aromatic N) is 1. The average Bonchev–Trinajstić information content (AvgIpc) is 2.62. The zero-order valence-electron chi connectivity index (χ0n) is 11.3. The molecule has 2 rings (SSSR count). The summed E-state index contributed by atoms with van der Waals surface area (Å²) in [4.78, 5) is 2.43. The van der Waals surface area contributed by atoms with Crippen LogP contribution in [0.3, 0.4) is 0 Å². The molecule has 1 aliphatic rings. The van der Waals surface area contributed by atoms with Gasteiger partial charge in [0.25, 0.3) is 0 Å². The largest absolute Gasteiger partial charge is 0.305 e. The fourth-order valence-electron chi connectivity index (χ4n) is 2.46. The van der Waals surface area contributed by atoms with Crippen molar-refractivity contribution in [1.29, 1.82) is 0 Å². The highest BCUT2D eigenvalue weighted by Crippen LogP contribution is 2.31. The Morgan fingerprint density at radius 2 is 1.62 bits per heavy atom. The molecule has 1 nitrogen and oxygen atoms in total. The van der Waals surface area contributed by atoms with Crippen molar-refractivity contribution in [2.24, 2.45) is 5.92 Å². The van der Waals surface area contributed by atoms with Gasteiger partial charge in [-0.2, -0.15) is 0 Å². The molecule has 16 heavy (non-hydrogen) atoms. The third-order valence-electron chi connectivity index (χ3n) is 3.30. The van der Waals surface area contributed by atoms with Crippen molar-refractivity contribution in [3.63, 3.8) is 0 Å². The third kappa shape index (κ3) is 3.08. The molecule has 2 atom stereocenters. The normalized spacial score (nSPS) is 25.1. The molecule has 0 N–H and O–H groups in total. The van der Waals surface area contributed by atoms with Gasteiger partial charge in [0.1, 0.15) is 0 Å². The molecule has 1 saturated heterocycles. The van der Waals surface area contributed by atoms with Crippen LogP contribution in [0.15, 0.2) is 24.3 Å². The van der Waals surface area contributed by atoms with Crippen molar-refractivity contribution < 1.29 is 0 Å². The highest BCUT2D eigenvalue weighted by Gasteiger charge is 2.28. The van der Waals surface area contributed by atoms with Crippen LogP contribution >= 0.6 is 0 Å². The summed E-state index contributed by atoms with van der Waals surface area (Å²) in [6.07, 6.45) is 0. The second-order valence-electron chi connectivity index (χ2n) is 4.72. The fourth-order valence-corrected chi connectivity index (χ4v) is 2.46. The summed E-state index contributed by atoms with van der Waals surface area (Å²) in [5.74, 6) is 1.53. The first-order valence-corrected chi connectivity index (χ1v) is 6.42. The van der Waals surface area contributed by atoms with Gasteiger partial charge in [0.15, 0.2) is 0 Å². The number of rotatable bonds is 1. The first-order chi connectivity index (χ1) is 7.66. The first kappa shape index (κ1) is 13.2. The maximum Gasteiger partial charge on any atom is 0.00504 e. The van der Waals surface area contributed by atoms with E-state index in [1.54, 1.807) is 0 Å². The van der Waals surface area contributed by atoms with E-state index in [0.29, 0.717) is 0 Å². The van der Waals surface area contributed by atoms with Crippen LogP contribution in [-0.4, -0.2) is 25.0 Å². The van der Waals surface area contributed by atoms with Gasteiger partial charge in [-0.25, -0.2) is 0 Å². The lowest BCUT2D eigenvalue weighted by Crippen LogP contribution is -2.13. The standard InChI is InChI=1S/C13H19N.C2H6/c1-10-4-6-12(7-5-10)13-9-14(3)8-11(13)2;1-2/h4-7,11,13H,8-9H2,1-3H3;1-2H3. The van der Waals surface area contributed by atoms with E-state index in [9.17, 15) is 0 Å². The highest BCUT2D eigenvalue weighted by molar-refractivity contribution is 5.26. The molecule has 1 fully saturated rings. The number of hydrogen-bond donors (Lipinski definition) is 0. The van der Waals surface area contributed by atoms with Gasteiger partial charge < -0.3 is 4.90 Å². The van der Waals surface area contributed by atoms with Crippen LogP contribution in [-0.2, 0) is 0 Å². The maximum absolute atomic E-state index is 2.43. The molecular weight excluding hydrogens is 194 g/mol. The summed E-state index contributed by atoms with van der Waals surface area (Å²) in [5.41, 5.74) is 2.86. The van der Waals surface area contributed by atoms with Crippen LogP contribution in [0.5, 0.6) is 0 Å². The second kappa shape index (κ2) is 6.05. The Morgan fingerprint density at radius 1 is 1.06 bits per heavy atom. The van der Waals surface area contributed by atoms with Crippen molar-refractivity contribution in [1.82, 2.24) is 4.90 Å². The Balaban J connectivity index is 0.000000606. The summed E-state index contributed by atoms with van der Waals surface area (Å²) < 4.78 is 0. The van der Waals surface area contributed by atoms with Gasteiger partial charge in [0.05, 0.1) is 0 Å². The summed E-state index contributed by atoms with van der Waals surface area (Å²) in [6, 6.07) is 9.02. The van der Waals surface area contributed by atoms with Crippen LogP contribution in [0.2, 0.25) is 0 Å². The Morgan fingerprint density at radius 3 is 2.06 bits per heavy atom. The van der Waals surface area contributed by atoms with Crippen molar-refractivity contribution in [3.8, 4) is 0 Å². The predicted molar refractivity (Wildman–Crippen MR) is 71.9 cm³/mol. The maximum atomic E-state index is 2.43. The topological polar surface area (TPSA) is 3.24 Å². The molecule has 1 aliphatic heterocycles. The minimum absolute atomic E-state index is 0.737. The molecular formula is C15H25N. The lowest BCUT2D eigenvalue weighted by Gasteiger charge is -2.14. The molecule has 0 spiro atoms. The van der Waals surface area contributed by atoms with Crippen molar-refractivity contribution in [2.45, 2.75) is 33.6 Å². The summed E-state index contributed by atoms with van der Waals surface area (Å²) in [7, 11) is 2.21. The Kier molecular flexibility index (Phi) is 5.01. The van der Waals surface area contributed by atoms with E-state index >= 15 is 0 Å². The zero-order chi connectivity index (χ0) is 12.1. The van der Waals surface area contributed by atoms with E-state index in [1.165, 1.54) is 24.2 Å². The minimum Gasteiger partial charge on any atom is -0.305 e. The monoisotopic (exact) mass is 219 g/mol. The summed E-state index contributed by atoms with van der Waals surface area (Å²) in [5, 5.41) is 0. The van der Waals surface area contributed by atoms with Crippen LogP contribution in [0, 0.1) is 12.8 Å². The van der Waals surface area contributed by atoms with E-state index in [2.05, 4.69) is 50.1 Å². The van der Waals surface area contributed by atoms with E-state index in [-0.39, 0.29) is 0 Å². The predicted octanol–water partition coefficient (Wildman–Crippen LogP) is 3.69. The molecule has 1 heterocycles. The van der Waals surface area contributed by atoms with Crippen LogP contribution in [0.4, 0.5) is 0 Å². The SMILES string of the molecule is CC.Cc1ccc(C2CN(C)CC2C)cc1. The lowest BCUT2D eigenvalue weighted by atomic mass is 9.90. The van der Waals surface area contributed by atoms with E-state index < -0.39 is 0 Å². The molecule has 0 saturated carbocycles. The Hall–Kier alpha value is -0.820. The number of hydrogen-bond acceptors (Lipinski definition) is 1. The molecule has 0 aromatic heterocycles. The summed E-state index contributed by atoms with van der Waals surface area (Å²) in [6.45, 7) is 10.9. The first-order valence-electron chi connectivity index (χ1n) is 6.42. The van der Waals surface area contributed by atoms with Gasteiger partial charge >= 0.3 is 0 Å². The molecule has 0 radical (unpaired) electrons. The van der Waals surface area contributed by atoms with Crippen LogP contribution in [0.25, 0.3) is 0 Å². The number of likely N-dealkylation sites (N-methyl/N-ethyl adjacent to an activating group) is 1. The minimum atomic E-state index is 0.737. The zero-order valence-corrected chi connectivity index (χ0v) is 11.3. The quantitative estimate of drug-likeness (QED) is 0.696. The molecule has 90 valence electrons. The van der Waals surface area contributed by atoms with Crippen molar-refractivity contribution in [3.05, 3.63) is 35.4 Å². The van der Waals surface area contributed by atoms with Gasteiger partial charge in [-0.15, -0.1) is 0 Å². The molecule has 1 heteroatoms. The number of aryl methyl sites for hydroxylation is 1. The number of likely N-dealkylation sites (tertiary alicyclic amines) is 1. The second-order valence-corrected chi connectivity index (χ2v) is 4.72. The van der Waals surface area contributed by atoms with Crippen LogP contribution in [0.1, 0.15) is 37.8 Å². The van der Waals surface area contributed by atoms with Crippen molar-refractivity contribution in [2.75, 3.05) is 20.1 Å².